The highest BCUT2D eigenvalue weighted by molar-refractivity contribution is 7.09. The number of thiazole rings is 1. The molecule has 4 bridgehead atoms. The Hall–Kier alpha value is -0.410. The number of hydrogen-bond donors (Lipinski definition) is 1. The van der Waals surface area contributed by atoms with Gasteiger partial charge in [-0.3, -0.25) is 0 Å². The molecule has 21 heavy (non-hydrogen) atoms. The highest BCUT2D eigenvalue weighted by Gasteiger charge is 2.52. The summed E-state index contributed by atoms with van der Waals surface area (Å²) in [6.07, 6.45) is 11.8. The van der Waals surface area contributed by atoms with E-state index < -0.39 is 0 Å². The molecule has 114 valence electrons. The van der Waals surface area contributed by atoms with E-state index in [2.05, 4.69) is 10.7 Å². The standard InChI is InChI=1S/C18H26N2S/c1-2-12(1)9-19-10-17-20-16(11-21-17)18-6-13-3-14(7-18)5-15(4-13)8-18/h11-15,19H,1-10H2. The number of nitrogens with one attached hydrogen (secondary N) is 1. The monoisotopic (exact) mass is 302 g/mol. The van der Waals surface area contributed by atoms with E-state index in [4.69, 9.17) is 4.98 Å². The maximum Gasteiger partial charge on any atom is 0.107 e. The van der Waals surface area contributed by atoms with Crippen molar-refractivity contribution in [3.8, 4) is 0 Å². The Morgan fingerprint density at radius 1 is 1.10 bits per heavy atom. The smallest absolute Gasteiger partial charge is 0.107 e. The maximum atomic E-state index is 5.07. The Morgan fingerprint density at radius 2 is 1.76 bits per heavy atom. The van der Waals surface area contributed by atoms with Crippen LogP contribution in [0, 0.1) is 23.7 Å². The summed E-state index contributed by atoms with van der Waals surface area (Å²) in [5.74, 6) is 4.03. The van der Waals surface area contributed by atoms with Crippen molar-refractivity contribution < 1.29 is 0 Å². The van der Waals surface area contributed by atoms with Crippen molar-refractivity contribution in [2.24, 2.45) is 23.7 Å². The van der Waals surface area contributed by atoms with Crippen molar-refractivity contribution in [2.75, 3.05) is 6.54 Å². The lowest BCUT2D eigenvalue weighted by molar-refractivity contribution is -0.00698. The maximum absolute atomic E-state index is 5.07. The molecule has 0 amide bonds. The van der Waals surface area contributed by atoms with Crippen molar-refractivity contribution in [3.05, 3.63) is 16.1 Å². The molecule has 5 aliphatic carbocycles. The van der Waals surface area contributed by atoms with Gasteiger partial charge in [0.15, 0.2) is 0 Å². The van der Waals surface area contributed by atoms with Gasteiger partial charge in [0.2, 0.25) is 0 Å². The average Bonchev–Trinajstić information content (AvgIpc) is 3.12. The van der Waals surface area contributed by atoms with E-state index >= 15 is 0 Å². The van der Waals surface area contributed by atoms with Crippen LogP contribution in [0.3, 0.4) is 0 Å². The van der Waals surface area contributed by atoms with Crippen molar-refractivity contribution >= 4 is 11.3 Å². The van der Waals surface area contributed by atoms with E-state index in [0.717, 1.165) is 30.2 Å². The Morgan fingerprint density at radius 3 is 2.38 bits per heavy atom. The van der Waals surface area contributed by atoms with Crippen molar-refractivity contribution in [1.29, 1.82) is 0 Å². The number of nitrogens with zero attached hydrogens (tertiary/aromatic N) is 1. The van der Waals surface area contributed by atoms with E-state index in [-0.39, 0.29) is 0 Å². The topological polar surface area (TPSA) is 24.9 Å². The largest absolute Gasteiger partial charge is 0.310 e. The first-order chi connectivity index (χ1) is 10.3. The van der Waals surface area contributed by atoms with Crippen LogP contribution < -0.4 is 5.32 Å². The van der Waals surface area contributed by atoms with E-state index in [0.29, 0.717) is 5.41 Å². The first-order valence-electron chi connectivity index (χ1n) is 8.95. The lowest BCUT2D eigenvalue weighted by Gasteiger charge is -2.56. The molecule has 0 saturated heterocycles. The molecule has 3 heteroatoms. The number of aromatic nitrogens is 1. The van der Waals surface area contributed by atoms with Crippen LogP contribution >= 0.6 is 11.3 Å². The molecule has 2 nitrogen and oxygen atoms in total. The van der Waals surface area contributed by atoms with Gasteiger partial charge in [-0.2, -0.15) is 0 Å². The Balaban J connectivity index is 1.31. The first-order valence-corrected chi connectivity index (χ1v) is 9.83. The lowest BCUT2D eigenvalue weighted by Crippen LogP contribution is -2.48. The van der Waals surface area contributed by atoms with Crippen molar-refractivity contribution in [3.63, 3.8) is 0 Å². The second-order valence-electron chi connectivity index (χ2n) is 8.40. The van der Waals surface area contributed by atoms with Crippen LogP contribution in [0.5, 0.6) is 0 Å². The normalized spacial score (nSPS) is 40.9. The molecule has 0 unspecified atom stereocenters. The highest BCUT2D eigenvalue weighted by Crippen LogP contribution is 2.60. The minimum absolute atomic E-state index is 0.486. The fourth-order valence-electron chi connectivity index (χ4n) is 5.77. The van der Waals surface area contributed by atoms with Gasteiger partial charge in [0.05, 0.1) is 5.69 Å². The summed E-state index contributed by atoms with van der Waals surface area (Å²) in [5.41, 5.74) is 1.95. The Bertz CT molecular complexity index is 496. The zero-order valence-corrected chi connectivity index (χ0v) is 13.6. The van der Waals surface area contributed by atoms with E-state index in [1.807, 2.05) is 11.3 Å². The summed E-state index contributed by atoms with van der Waals surface area (Å²) in [6.45, 7) is 2.19. The number of hydrogen-bond acceptors (Lipinski definition) is 3. The molecule has 0 spiro atoms. The molecule has 0 atom stereocenters. The van der Waals surface area contributed by atoms with Crippen LogP contribution in [0.25, 0.3) is 0 Å². The van der Waals surface area contributed by atoms with Gasteiger partial charge in [-0.05, 0) is 81.6 Å². The molecule has 1 aromatic heterocycles. The van der Waals surface area contributed by atoms with Gasteiger partial charge < -0.3 is 5.32 Å². The quantitative estimate of drug-likeness (QED) is 0.885. The summed E-state index contributed by atoms with van der Waals surface area (Å²) in [5, 5.41) is 7.32. The van der Waals surface area contributed by atoms with Gasteiger partial charge in [-0.1, -0.05) is 0 Å². The second kappa shape index (κ2) is 4.79. The van der Waals surface area contributed by atoms with Gasteiger partial charge in [0.1, 0.15) is 5.01 Å². The van der Waals surface area contributed by atoms with E-state index in [9.17, 15) is 0 Å². The summed E-state index contributed by atoms with van der Waals surface area (Å²) in [7, 11) is 0. The van der Waals surface area contributed by atoms with Crippen LogP contribution in [0.1, 0.15) is 62.1 Å². The molecule has 0 radical (unpaired) electrons. The van der Waals surface area contributed by atoms with Gasteiger partial charge in [0, 0.05) is 17.3 Å². The van der Waals surface area contributed by atoms with Gasteiger partial charge in [-0.15, -0.1) is 11.3 Å². The fourth-order valence-corrected chi connectivity index (χ4v) is 6.65. The molecule has 1 N–H and O–H groups in total. The second-order valence-corrected chi connectivity index (χ2v) is 9.34. The molecule has 0 aliphatic heterocycles. The van der Waals surface area contributed by atoms with E-state index in [1.54, 1.807) is 0 Å². The summed E-state index contributed by atoms with van der Waals surface area (Å²) in [4.78, 5) is 5.07. The molecular weight excluding hydrogens is 276 g/mol. The zero-order chi connectivity index (χ0) is 13.9. The van der Waals surface area contributed by atoms with Crippen LogP contribution in [-0.2, 0) is 12.0 Å². The van der Waals surface area contributed by atoms with Gasteiger partial charge in [0.25, 0.3) is 0 Å². The van der Waals surface area contributed by atoms with Crippen LogP contribution in [0.4, 0.5) is 0 Å². The van der Waals surface area contributed by atoms with Crippen LogP contribution in [0.2, 0.25) is 0 Å². The molecular formula is C18H26N2S. The minimum atomic E-state index is 0.486. The highest BCUT2D eigenvalue weighted by atomic mass is 32.1. The molecule has 6 rings (SSSR count). The average molecular weight is 302 g/mol. The van der Waals surface area contributed by atoms with Gasteiger partial charge in [-0.25, -0.2) is 4.98 Å². The Labute approximate surface area is 131 Å². The first kappa shape index (κ1) is 13.1. The van der Waals surface area contributed by atoms with Crippen molar-refractivity contribution in [1.82, 2.24) is 10.3 Å². The van der Waals surface area contributed by atoms with Gasteiger partial charge >= 0.3 is 0 Å². The molecule has 5 fully saturated rings. The third-order valence-corrected chi connectivity index (χ3v) is 7.39. The summed E-state index contributed by atoms with van der Waals surface area (Å²) < 4.78 is 0. The predicted molar refractivity (Wildman–Crippen MR) is 86.4 cm³/mol. The summed E-state index contributed by atoms with van der Waals surface area (Å²) in [6, 6.07) is 0. The predicted octanol–water partition coefficient (Wildman–Crippen LogP) is 4.11. The summed E-state index contributed by atoms with van der Waals surface area (Å²) >= 11 is 1.90. The zero-order valence-electron chi connectivity index (χ0n) is 12.8. The fraction of sp³-hybridized carbons (Fsp3) is 0.833. The number of rotatable bonds is 5. The third kappa shape index (κ3) is 2.37. The van der Waals surface area contributed by atoms with E-state index in [1.165, 1.54) is 68.6 Å². The molecule has 1 heterocycles. The Kier molecular flexibility index (Phi) is 2.98. The SMILES string of the molecule is c1sc(CNCC2CC2)nc1C12CC3CC(CC(C3)C1)C2. The van der Waals surface area contributed by atoms with Crippen LogP contribution in [-0.4, -0.2) is 11.5 Å². The minimum Gasteiger partial charge on any atom is -0.310 e. The molecule has 0 aromatic carbocycles. The molecule has 1 aromatic rings. The lowest BCUT2D eigenvalue weighted by atomic mass is 9.49. The molecule has 5 saturated carbocycles. The van der Waals surface area contributed by atoms with Crippen molar-refractivity contribution in [2.45, 2.75) is 63.3 Å². The molecule has 5 aliphatic rings. The van der Waals surface area contributed by atoms with Crippen LogP contribution in [0.15, 0.2) is 5.38 Å². The third-order valence-electron chi connectivity index (χ3n) is 6.54.